The van der Waals surface area contributed by atoms with Gasteiger partial charge in [-0.25, -0.2) is 0 Å². The fourth-order valence-electron chi connectivity index (χ4n) is 5.33. The van der Waals surface area contributed by atoms with E-state index in [0.717, 1.165) is 5.56 Å². The molecular formula is C33H53N5O5. The minimum Gasteiger partial charge on any atom is -0.343 e. The number of hydrogen-bond acceptors (Lipinski definition) is 5. The number of likely N-dealkylation sites (N-methyl/N-ethyl adjacent to an activating group) is 1. The first-order valence-corrected chi connectivity index (χ1v) is 15.6. The Morgan fingerprint density at radius 3 is 1.56 bits per heavy atom. The van der Waals surface area contributed by atoms with Crippen LogP contribution in [0, 0.1) is 23.7 Å². The van der Waals surface area contributed by atoms with E-state index in [9.17, 15) is 24.0 Å². The average Bonchev–Trinajstić information content (AvgIpc) is 2.91. The molecule has 1 aliphatic heterocycles. The second kappa shape index (κ2) is 16.4. The highest BCUT2D eigenvalue weighted by atomic mass is 16.2. The summed E-state index contributed by atoms with van der Waals surface area (Å²) in [6.07, 6.45) is 1.26. The molecule has 1 fully saturated rings. The molecule has 0 radical (unpaired) electrons. The summed E-state index contributed by atoms with van der Waals surface area (Å²) in [4.78, 5) is 70.2. The molecule has 1 aromatic rings. The van der Waals surface area contributed by atoms with Gasteiger partial charge in [-0.05, 0) is 48.5 Å². The van der Waals surface area contributed by atoms with Crippen LogP contribution in [-0.2, 0) is 30.4 Å². The summed E-state index contributed by atoms with van der Waals surface area (Å²) in [5, 5.41) is 11.5. The van der Waals surface area contributed by atoms with Crippen molar-refractivity contribution in [3.05, 3.63) is 35.9 Å². The maximum atomic E-state index is 14.1. The van der Waals surface area contributed by atoms with E-state index in [0.29, 0.717) is 19.3 Å². The summed E-state index contributed by atoms with van der Waals surface area (Å²) in [6, 6.07) is 4.73. The van der Waals surface area contributed by atoms with Crippen molar-refractivity contribution in [1.82, 2.24) is 26.2 Å². The van der Waals surface area contributed by atoms with Crippen molar-refractivity contribution in [1.29, 1.82) is 0 Å². The molecule has 1 aromatic carbocycles. The van der Waals surface area contributed by atoms with Gasteiger partial charge in [-0.15, -0.1) is 0 Å². The Kier molecular flexibility index (Phi) is 13.7. The van der Waals surface area contributed by atoms with E-state index in [1.807, 2.05) is 85.7 Å². The molecule has 0 bridgehead atoms. The highest BCUT2D eigenvalue weighted by Crippen LogP contribution is 2.17. The Bertz CT molecular complexity index is 1100. The highest BCUT2D eigenvalue weighted by Gasteiger charge is 2.38. The van der Waals surface area contributed by atoms with Crippen LogP contribution in [0.25, 0.3) is 0 Å². The quantitative estimate of drug-likeness (QED) is 0.346. The molecule has 2 rings (SSSR count). The van der Waals surface area contributed by atoms with Gasteiger partial charge in [0.25, 0.3) is 0 Å². The van der Waals surface area contributed by atoms with E-state index in [1.165, 1.54) is 4.90 Å². The standard InChI is InChI=1S/C33H53N5O5/c1-19(2)15-24-29(39)36-26(18-23-13-11-10-12-14-23)33(43)38(9)27(17-21(5)6)31(41)34-25(16-20(3)4)30(40)37-28(22(7)8)32(42)35-24/h10-14,19-22,24-28H,15-18H2,1-9H3,(H,34,41)(H,35,42)(H,36,39)(H,37,40)/t24-,25-,26-,27+,28+/m0/s1. The number of benzene rings is 1. The summed E-state index contributed by atoms with van der Waals surface area (Å²) >= 11 is 0. The molecule has 0 aromatic heterocycles. The summed E-state index contributed by atoms with van der Waals surface area (Å²) in [5.41, 5.74) is 0.841. The van der Waals surface area contributed by atoms with Crippen LogP contribution in [0.15, 0.2) is 30.3 Å². The van der Waals surface area contributed by atoms with Gasteiger partial charge in [0.1, 0.15) is 30.2 Å². The summed E-state index contributed by atoms with van der Waals surface area (Å²) in [5.74, 6) is -2.43. The zero-order chi connectivity index (χ0) is 32.4. The van der Waals surface area contributed by atoms with Crippen LogP contribution in [0.2, 0.25) is 0 Å². The topological polar surface area (TPSA) is 137 Å². The van der Waals surface area contributed by atoms with E-state index in [-0.39, 0.29) is 30.1 Å². The van der Waals surface area contributed by atoms with Crippen molar-refractivity contribution in [2.24, 2.45) is 23.7 Å². The predicted octanol–water partition coefficient (Wildman–Crippen LogP) is 2.80. The van der Waals surface area contributed by atoms with Crippen LogP contribution in [-0.4, -0.2) is 71.7 Å². The molecule has 240 valence electrons. The molecule has 1 aliphatic rings. The zero-order valence-electron chi connectivity index (χ0n) is 27.4. The first kappa shape index (κ1) is 35.8. The van der Waals surface area contributed by atoms with E-state index in [2.05, 4.69) is 21.3 Å². The molecule has 5 amide bonds. The SMILES string of the molecule is CC(C)C[C@@H]1NC(=O)[C@@H](CC(C)C)N(C)C(=O)[C@H](Cc2ccccc2)NC(=O)[C@H](CC(C)C)NC(=O)[C@@H](C(C)C)NC1=O. The molecule has 5 atom stereocenters. The molecular weight excluding hydrogens is 546 g/mol. The number of hydrogen-bond donors (Lipinski definition) is 4. The number of nitrogens with zero attached hydrogens (tertiary/aromatic N) is 1. The predicted molar refractivity (Wildman–Crippen MR) is 168 cm³/mol. The Hall–Kier alpha value is -3.43. The van der Waals surface area contributed by atoms with Crippen molar-refractivity contribution >= 4 is 29.5 Å². The van der Waals surface area contributed by atoms with Gasteiger partial charge in [0, 0.05) is 13.5 Å². The average molecular weight is 600 g/mol. The molecule has 4 N–H and O–H groups in total. The smallest absolute Gasteiger partial charge is 0.245 e. The molecule has 0 aliphatic carbocycles. The van der Waals surface area contributed by atoms with Crippen LogP contribution >= 0.6 is 0 Å². The lowest BCUT2D eigenvalue weighted by Crippen LogP contribution is -2.59. The lowest BCUT2D eigenvalue weighted by atomic mass is 9.97. The minimum absolute atomic E-state index is 0.0591. The Balaban J connectivity index is 2.66. The van der Waals surface area contributed by atoms with Gasteiger partial charge in [0.15, 0.2) is 0 Å². The number of carbonyl (C=O) groups excluding carboxylic acids is 5. The molecule has 10 heteroatoms. The van der Waals surface area contributed by atoms with Crippen LogP contribution < -0.4 is 21.3 Å². The Labute approximate surface area is 257 Å². The van der Waals surface area contributed by atoms with E-state index < -0.39 is 59.7 Å². The van der Waals surface area contributed by atoms with Crippen molar-refractivity contribution in [2.45, 2.75) is 111 Å². The van der Waals surface area contributed by atoms with E-state index in [1.54, 1.807) is 7.05 Å². The van der Waals surface area contributed by atoms with E-state index in [4.69, 9.17) is 0 Å². The molecule has 10 nitrogen and oxygen atoms in total. The number of rotatable bonds is 9. The van der Waals surface area contributed by atoms with Crippen LogP contribution in [0.5, 0.6) is 0 Å². The second-order valence-electron chi connectivity index (χ2n) is 13.5. The van der Waals surface area contributed by atoms with Gasteiger partial charge in [-0.1, -0.05) is 85.7 Å². The molecule has 43 heavy (non-hydrogen) atoms. The minimum atomic E-state index is -0.980. The largest absolute Gasteiger partial charge is 0.343 e. The summed E-state index contributed by atoms with van der Waals surface area (Å²) in [7, 11) is 1.57. The molecule has 1 saturated heterocycles. The van der Waals surface area contributed by atoms with Gasteiger partial charge in [-0.2, -0.15) is 0 Å². The molecule has 1 heterocycles. The van der Waals surface area contributed by atoms with Gasteiger partial charge in [-0.3, -0.25) is 24.0 Å². The highest BCUT2D eigenvalue weighted by molar-refractivity contribution is 5.98. The van der Waals surface area contributed by atoms with E-state index >= 15 is 0 Å². The monoisotopic (exact) mass is 599 g/mol. The third-order valence-electron chi connectivity index (χ3n) is 7.64. The second-order valence-corrected chi connectivity index (χ2v) is 13.5. The fraction of sp³-hybridized carbons (Fsp3) is 0.667. The number of amides is 5. The van der Waals surface area contributed by atoms with Crippen molar-refractivity contribution in [3.63, 3.8) is 0 Å². The normalized spacial score (nSPS) is 24.9. The molecule has 0 saturated carbocycles. The molecule has 0 unspecified atom stereocenters. The van der Waals surface area contributed by atoms with Crippen molar-refractivity contribution in [3.8, 4) is 0 Å². The Morgan fingerprint density at radius 1 is 0.605 bits per heavy atom. The fourth-order valence-corrected chi connectivity index (χ4v) is 5.33. The number of nitrogens with one attached hydrogen (secondary N) is 4. The lowest BCUT2D eigenvalue weighted by molar-refractivity contribution is -0.143. The van der Waals surface area contributed by atoms with Gasteiger partial charge >= 0.3 is 0 Å². The summed E-state index contributed by atoms with van der Waals surface area (Å²) < 4.78 is 0. The van der Waals surface area contributed by atoms with Gasteiger partial charge in [0.2, 0.25) is 29.5 Å². The van der Waals surface area contributed by atoms with Crippen molar-refractivity contribution < 1.29 is 24.0 Å². The van der Waals surface area contributed by atoms with Crippen LogP contribution in [0.1, 0.15) is 80.2 Å². The maximum absolute atomic E-state index is 14.1. The summed E-state index contributed by atoms with van der Waals surface area (Å²) in [6.45, 7) is 15.3. The van der Waals surface area contributed by atoms with Crippen LogP contribution in [0.3, 0.4) is 0 Å². The number of carbonyl (C=O) groups is 5. The maximum Gasteiger partial charge on any atom is 0.245 e. The molecule has 0 spiro atoms. The third-order valence-corrected chi connectivity index (χ3v) is 7.64. The third kappa shape index (κ3) is 11.0. The zero-order valence-corrected chi connectivity index (χ0v) is 27.4. The lowest BCUT2D eigenvalue weighted by Gasteiger charge is -2.33. The first-order chi connectivity index (χ1) is 20.1. The Morgan fingerprint density at radius 2 is 1.07 bits per heavy atom. The van der Waals surface area contributed by atoms with Crippen LogP contribution in [0.4, 0.5) is 0 Å². The van der Waals surface area contributed by atoms with Crippen molar-refractivity contribution in [2.75, 3.05) is 7.05 Å². The van der Waals surface area contributed by atoms with Gasteiger partial charge in [0.05, 0.1) is 0 Å². The van der Waals surface area contributed by atoms with Gasteiger partial charge < -0.3 is 26.2 Å². The first-order valence-electron chi connectivity index (χ1n) is 15.6.